The SMILES string of the molecule is Cc1cc(-n2c(C)cc(C3=Nn4cc(-c5ccccc5)nc4SC3)c2C)no1. The third-order valence-electron chi connectivity index (χ3n) is 4.88. The Morgan fingerprint density at radius 1 is 1.07 bits per heavy atom. The summed E-state index contributed by atoms with van der Waals surface area (Å²) in [5.74, 6) is 2.39. The molecule has 0 bridgehead atoms. The average Bonchev–Trinajstić information content (AvgIpc) is 3.39. The van der Waals surface area contributed by atoms with Gasteiger partial charge in [-0.05, 0) is 26.8 Å². The van der Waals surface area contributed by atoms with Crippen LogP contribution in [0.25, 0.3) is 17.1 Å². The maximum atomic E-state index is 5.26. The summed E-state index contributed by atoms with van der Waals surface area (Å²) in [6.45, 7) is 6.07. The number of nitrogens with zero attached hydrogens (tertiary/aromatic N) is 5. The van der Waals surface area contributed by atoms with E-state index < -0.39 is 0 Å². The van der Waals surface area contributed by atoms with E-state index in [-0.39, 0.29) is 0 Å². The molecular weight excluding hydrogens is 370 g/mol. The van der Waals surface area contributed by atoms with Crippen LogP contribution in [-0.4, -0.2) is 30.8 Å². The molecule has 0 amide bonds. The Labute approximate surface area is 166 Å². The summed E-state index contributed by atoms with van der Waals surface area (Å²) >= 11 is 1.71. The third-order valence-corrected chi connectivity index (χ3v) is 5.83. The summed E-state index contributed by atoms with van der Waals surface area (Å²) < 4.78 is 9.25. The minimum Gasteiger partial charge on any atom is -0.360 e. The van der Waals surface area contributed by atoms with Crippen LogP contribution in [0, 0.1) is 20.8 Å². The monoisotopic (exact) mass is 389 g/mol. The topological polar surface area (TPSA) is 61.1 Å². The molecule has 0 aliphatic carbocycles. The van der Waals surface area contributed by atoms with Gasteiger partial charge >= 0.3 is 0 Å². The minimum atomic E-state index is 0.785. The summed E-state index contributed by atoms with van der Waals surface area (Å²) in [7, 11) is 0. The van der Waals surface area contributed by atoms with Crippen molar-refractivity contribution in [2.45, 2.75) is 25.9 Å². The second kappa shape index (κ2) is 6.53. The molecule has 6 nitrogen and oxygen atoms in total. The molecule has 0 fully saturated rings. The summed E-state index contributed by atoms with van der Waals surface area (Å²) in [5, 5.41) is 9.96. The normalized spacial score (nSPS) is 13.5. The molecule has 0 saturated carbocycles. The highest BCUT2D eigenvalue weighted by Gasteiger charge is 2.22. The summed E-state index contributed by atoms with van der Waals surface area (Å²) in [4.78, 5) is 4.74. The molecular formula is C21H19N5OS. The lowest BCUT2D eigenvalue weighted by Gasteiger charge is -2.13. The van der Waals surface area contributed by atoms with E-state index in [1.807, 2.05) is 42.1 Å². The molecule has 4 heterocycles. The minimum absolute atomic E-state index is 0.785. The molecule has 28 heavy (non-hydrogen) atoms. The quantitative estimate of drug-likeness (QED) is 0.513. The number of benzene rings is 1. The van der Waals surface area contributed by atoms with E-state index in [0.717, 1.165) is 56.4 Å². The van der Waals surface area contributed by atoms with E-state index >= 15 is 0 Å². The van der Waals surface area contributed by atoms with Crippen LogP contribution in [0.2, 0.25) is 0 Å². The molecule has 5 rings (SSSR count). The van der Waals surface area contributed by atoms with Gasteiger partial charge in [0.15, 0.2) is 11.0 Å². The van der Waals surface area contributed by atoms with Crippen LogP contribution in [0.1, 0.15) is 22.7 Å². The molecule has 0 unspecified atom stereocenters. The second-order valence-corrected chi connectivity index (χ2v) is 7.81. The van der Waals surface area contributed by atoms with Crippen LogP contribution in [0.5, 0.6) is 0 Å². The lowest BCUT2D eigenvalue weighted by molar-refractivity contribution is 0.394. The molecule has 0 atom stereocenters. The predicted octanol–water partition coefficient (Wildman–Crippen LogP) is 4.61. The highest BCUT2D eigenvalue weighted by Crippen LogP contribution is 2.30. The van der Waals surface area contributed by atoms with Gasteiger partial charge in [0.2, 0.25) is 0 Å². The van der Waals surface area contributed by atoms with Crippen molar-refractivity contribution in [3.8, 4) is 17.1 Å². The van der Waals surface area contributed by atoms with Crippen molar-refractivity contribution in [1.82, 2.24) is 19.4 Å². The zero-order valence-corrected chi connectivity index (χ0v) is 16.7. The van der Waals surface area contributed by atoms with Crippen LogP contribution in [0.4, 0.5) is 0 Å². The lowest BCUT2D eigenvalue weighted by atomic mass is 10.1. The van der Waals surface area contributed by atoms with Crippen molar-refractivity contribution in [3.05, 3.63) is 71.4 Å². The van der Waals surface area contributed by atoms with Gasteiger partial charge in [0.05, 0.1) is 17.6 Å². The average molecular weight is 389 g/mol. The van der Waals surface area contributed by atoms with E-state index in [1.54, 1.807) is 11.8 Å². The zero-order valence-electron chi connectivity index (χ0n) is 15.9. The first-order chi connectivity index (χ1) is 13.6. The van der Waals surface area contributed by atoms with E-state index in [2.05, 4.69) is 41.8 Å². The Morgan fingerprint density at radius 2 is 1.89 bits per heavy atom. The van der Waals surface area contributed by atoms with Crippen LogP contribution < -0.4 is 0 Å². The van der Waals surface area contributed by atoms with Crippen molar-refractivity contribution in [3.63, 3.8) is 0 Å². The van der Waals surface area contributed by atoms with Crippen molar-refractivity contribution < 1.29 is 4.52 Å². The number of aryl methyl sites for hydroxylation is 2. The van der Waals surface area contributed by atoms with Crippen LogP contribution in [0.3, 0.4) is 0 Å². The standard InChI is InChI=1S/C21H19N5OS/c1-13-9-17(15(3)26(13)20-10-14(2)27-24-20)19-12-28-21-22-18(11-25(21)23-19)16-7-5-4-6-8-16/h4-11H,12H2,1-3H3. The molecule has 0 N–H and O–H groups in total. The molecule has 1 aromatic carbocycles. The van der Waals surface area contributed by atoms with Gasteiger partial charge in [-0.1, -0.05) is 47.3 Å². The molecule has 0 radical (unpaired) electrons. The first-order valence-corrected chi connectivity index (χ1v) is 10.1. The Morgan fingerprint density at radius 3 is 2.64 bits per heavy atom. The number of hydrogen-bond donors (Lipinski definition) is 0. The number of imidazole rings is 1. The summed E-state index contributed by atoms with van der Waals surface area (Å²) in [6.07, 6.45) is 2.00. The van der Waals surface area contributed by atoms with E-state index in [1.165, 1.54) is 0 Å². The Balaban J connectivity index is 1.54. The Bertz CT molecular complexity index is 1200. The van der Waals surface area contributed by atoms with Crippen molar-refractivity contribution in [2.75, 3.05) is 5.75 Å². The van der Waals surface area contributed by atoms with Crippen LogP contribution in [0.15, 0.2) is 63.4 Å². The lowest BCUT2D eigenvalue weighted by Crippen LogP contribution is -2.13. The van der Waals surface area contributed by atoms with Crippen molar-refractivity contribution >= 4 is 17.5 Å². The molecule has 3 aromatic heterocycles. The number of rotatable bonds is 3. The summed E-state index contributed by atoms with van der Waals surface area (Å²) in [6, 6.07) is 14.3. The first kappa shape index (κ1) is 17.1. The van der Waals surface area contributed by atoms with Crippen LogP contribution in [-0.2, 0) is 0 Å². The first-order valence-electron chi connectivity index (χ1n) is 9.08. The molecule has 0 saturated heterocycles. The van der Waals surface area contributed by atoms with Gasteiger partial charge in [-0.2, -0.15) is 5.10 Å². The van der Waals surface area contributed by atoms with Crippen molar-refractivity contribution in [1.29, 1.82) is 0 Å². The largest absolute Gasteiger partial charge is 0.360 e. The highest BCUT2D eigenvalue weighted by atomic mass is 32.2. The van der Waals surface area contributed by atoms with E-state index in [0.29, 0.717) is 0 Å². The number of aromatic nitrogens is 4. The van der Waals surface area contributed by atoms with Gasteiger partial charge < -0.3 is 4.52 Å². The van der Waals surface area contributed by atoms with Gasteiger partial charge in [0.1, 0.15) is 5.76 Å². The predicted molar refractivity (Wildman–Crippen MR) is 110 cm³/mol. The fraction of sp³-hybridized carbons (Fsp3) is 0.190. The van der Waals surface area contributed by atoms with E-state index in [9.17, 15) is 0 Å². The van der Waals surface area contributed by atoms with Gasteiger partial charge in [0.25, 0.3) is 0 Å². The third kappa shape index (κ3) is 2.79. The van der Waals surface area contributed by atoms with Crippen molar-refractivity contribution in [2.24, 2.45) is 5.10 Å². The molecule has 1 aliphatic rings. The van der Waals surface area contributed by atoms with E-state index in [4.69, 9.17) is 14.6 Å². The maximum absolute atomic E-state index is 5.26. The number of fused-ring (bicyclic) bond motifs is 1. The van der Waals surface area contributed by atoms with Gasteiger partial charge in [-0.3, -0.25) is 4.57 Å². The van der Waals surface area contributed by atoms with Gasteiger partial charge in [0, 0.05) is 34.3 Å². The second-order valence-electron chi connectivity index (χ2n) is 6.87. The zero-order chi connectivity index (χ0) is 19.3. The molecule has 7 heteroatoms. The Hall–Kier alpha value is -3.06. The molecule has 1 aliphatic heterocycles. The molecule has 0 spiro atoms. The van der Waals surface area contributed by atoms with Gasteiger partial charge in [-0.25, -0.2) is 9.66 Å². The Kier molecular flexibility index (Phi) is 3.98. The number of thioether (sulfide) groups is 1. The highest BCUT2D eigenvalue weighted by molar-refractivity contribution is 7.99. The number of hydrogen-bond acceptors (Lipinski definition) is 5. The maximum Gasteiger partial charge on any atom is 0.189 e. The van der Waals surface area contributed by atoms with Gasteiger partial charge in [-0.15, -0.1) is 0 Å². The smallest absolute Gasteiger partial charge is 0.189 e. The fourth-order valence-corrected chi connectivity index (χ4v) is 4.43. The fourth-order valence-electron chi connectivity index (χ4n) is 3.56. The molecule has 4 aromatic rings. The molecule has 140 valence electrons. The van der Waals surface area contributed by atoms with Crippen LogP contribution >= 0.6 is 11.8 Å². The summed E-state index contributed by atoms with van der Waals surface area (Å²) in [5.41, 5.74) is 6.42.